The van der Waals surface area contributed by atoms with Crippen LogP contribution in [0.1, 0.15) is 58.8 Å². The highest BCUT2D eigenvalue weighted by Gasteiger charge is 2.23. The third-order valence-corrected chi connectivity index (χ3v) is 4.17. The predicted octanol–water partition coefficient (Wildman–Crippen LogP) is 2.37. The first-order valence-corrected chi connectivity index (χ1v) is 7.56. The summed E-state index contributed by atoms with van der Waals surface area (Å²) in [6.45, 7) is 3.81. The lowest BCUT2D eigenvalue weighted by atomic mass is 10.0. The SMILES string of the molecule is CCCCCCC(O)CC(CC)S(=O)(=O)O. The zero-order valence-corrected chi connectivity index (χ0v) is 11.0. The van der Waals surface area contributed by atoms with E-state index < -0.39 is 21.5 Å². The van der Waals surface area contributed by atoms with Gasteiger partial charge in [0.2, 0.25) is 0 Å². The number of unbranched alkanes of at least 4 members (excludes halogenated alkanes) is 3. The van der Waals surface area contributed by atoms with Gasteiger partial charge in [-0.3, -0.25) is 4.55 Å². The average molecular weight is 252 g/mol. The molecule has 0 heterocycles. The van der Waals surface area contributed by atoms with Crippen molar-refractivity contribution in [3.63, 3.8) is 0 Å². The molecule has 0 radical (unpaired) electrons. The van der Waals surface area contributed by atoms with Crippen molar-refractivity contribution in [3.8, 4) is 0 Å². The Balaban J connectivity index is 3.88. The molecule has 0 amide bonds. The second-order valence-corrected chi connectivity index (χ2v) is 5.98. The molecule has 0 aromatic heterocycles. The molecule has 0 saturated heterocycles. The van der Waals surface area contributed by atoms with E-state index in [0.717, 1.165) is 25.7 Å². The Morgan fingerprint density at radius 1 is 1.12 bits per heavy atom. The number of aliphatic hydroxyl groups excluding tert-OH is 1. The van der Waals surface area contributed by atoms with Gasteiger partial charge in [0, 0.05) is 0 Å². The lowest BCUT2D eigenvalue weighted by Gasteiger charge is -2.16. The molecule has 0 saturated carbocycles. The van der Waals surface area contributed by atoms with Crippen LogP contribution in [0.25, 0.3) is 0 Å². The molecule has 4 nitrogen and oxygen atoms in total. The van der Waals surface area contributed by atoms with Gasteiger partial charge in [0.15, 0.2) is 0 Å². The first-order valence-electron chi connectivity index (χ1n) is 6.06. The van der Waals surface area contributed by atoms with Crippen molar-refractivity contribution in [1.29, 1.82) is 0 Å². The van der Waals surface area contributed by atoms with E-state index in [1.54, 1.807) is 6.92 Å². The zero-order chi connectivity index (χ0) is 12.6. The molecule has 0 aromatic rings. The van der Waals surface area contributed by atoms with Crippen LogP contribution >= 0.6 is 0 Å². The summed E-state index contributed by atoms with van der Waals surface area (Å²) in [7, 11) is -4.01. The highest BCUT2D eigenvalue weighted by atomic mass is 32.2. The summed E-state index contributed by atoms with van der Waals surface area (Å²) in [5.41, 5.74) is 0. The summed E-state index contributed by atoms with van der Waals surface area (Å²) < 4.78 is 30.7. The first kappa shape index (κ1) is 15.9. The summed E-state index contributed by atoms with van der Waals surface area (Å²) >= 11 is 0. The van der Waals surface area contributed by atoms with E-state index in [4.69, 9.17) is 4.55 Å². The van der Waals surface area contributed by atoms with Crippen LogP contribution in [0.15, 0.2) is 0 Å². The van der Waals surface area contributed by atoms with Crippen LogP contribution in [0.2, 0.25) is 0 Å². The number of aliphatic hydroxyl groups is 1. The second kappa shape index (κ2) is 8.03. The van der Waals surface area contributed by atoms with E-state index in [-0.39, 0.29) is 6.42 Å². The van der Waals surface area contributed by atoms with Gasteiger partial charge in [0.25, 0.3) is 10.1 Å². The molecule has 16 heavy (non-hydrogen) atoms. The Morgan fingerprint density at radius 3 is 2.19 bits per heavy atom. The molecule has 0 spiro atoms. The van der Waals surface area contributed by atoms with E-state index in [1.807, 2.05) is 0 Å². The van der Waals surface area contributed by atoms with Gasteiger partial charge < -0.3 is 5.11 Å². The van der Waals surface area contributed by atoms with E-state index in [2.05, 4.69) is 6.92 Å². The highest BCUT2D eigenvalue weighted by molar-refractivity contribution is 7.86. The topological polar surface area (TPSA) is 74.6 Å². The van der Waals surface area contributed by atoms with Gasteiger partial charge in [-0.25, -0.2) is 0 Å². The van der Waals surface area contributed by atoms with E-state index in [0.29, 0.717) is 12.8 Å². The van der Waals surface area contributed by atoms with Crippen molar-refractivity contribution in [2.45, 2.75) is 70.1 Å². The largest absolute Gasteiger partial charge is 0.393 e. The Kier molecular flexibility index (Phi) is 7.97. The molecule has 2 N–H and O–H groups in total. The summed E-state index contributed by atoms with van der Waals surface area (Å²) in [5, 5.41) is 8.81. The molecule has 2 atom stereocenters. The Hall–Kier alpha value is -0.130. The molecule has 0 aromatic carbocycles. The average Bonchev–Trinajstić information content (AvgIpc) is 2.19. The van der Waals surface area contributed by atoms with Crippen LogP contribution < -0.4 is 0 Å². The monoisotopic (exact) mass is 252 g/mol. The van der Waals surface area contributed by atoms with Crippen molar-refractivity contribution in [2.75, 3.05) is 0 Å². The van der Waals surface area contributed by atoms with Crippen molar-refractivity contribution in [1.82, 2.24) is 0 Å². The molecule has 5 heteroatoms. The number of hydrogen-bond donors (Lipinski definition) is 2. The van der Waals surface area contributed by atoms with Gasteiger partial charge in [0.05, 0.1) is 11.4 Å². The van der Waals surface area contributed by atoms with Gasteiger partial charge >= 0.3 is 0 Å². The maximum absolute atomic E-state index is 10.9. The minimum Gasteiger partial charge on any atom is -0.393 e. The Labute approximate surface area is 98.8 Å². The first-order chi connectivity index (χ1) is 7.41. The van der Waals surface area contributed by atoms with Gasteiger partial charge in [-0.15, -0.1) is 0 Å². The molecule has 0 aliphatic heterocycles. The molecular formula is C11H24O4S. The summed E-state index contributed by atoms with van der Waals surface area (Å²) in [4.78, 5) is 0. The van der Waals surface area contributed by atoms with E-state index in [9.17, 15) is 13.5 Å². The van der Waals surface area contributed by atoms with Crippen LogP contribution in [0.4, 0.5) is 0 Å². The Bertz CT molecular complexity index is 261. The third-order valence-electron chi connectivity index (χ3n) is 2.80. The van der Waals surface area contributed by atoms with Crippen molar-refractivity contribution < 1.29 is 18.1 Å². The number of rotatable bonds is 9. The van der Waals surface area contributed by atoms with Gasteiger partial charge in [-0.05, 0) is 19.3 Å². The zero-order valence-electron chi connectivity index (χ0n) is 10.2. The van der Waals surface area contributed by atoms with Crippen LogP contribution in [0, 0.1) is 0 Å². The lowest BCUT2D eigenvalue weighted by Crippen LogP contribution is -2.25. The van der Waals surface area contributed by atoms with Gasteiger partial charge in [-0.1, -0.05) is 39.5 Å². The molecule has 0 fully saturated rings. The minimum atomic E-state index is -4.01. The van der Waals surface area contributed by atoms with Crippen molar-refractivity contribution >= 4 is 10.1 Å². The van der Waals surface area contributed by atoms with Crippen molar-refractivity contribution in [3.05, 3.63) is 0 Å². The normalized spacial score (nSPS) is 16.0. The molecule has 2 unspecified atom stereocenters. The second-order valence-electron chi connectivity index (χ2n) is 4.28. The molecular weight excluding hydrogens is 228 g/mol. The molecule has 0 aliphatic carbocycles. The predicted molar refractivity (Wildman–Crippen MR) is 65.0 cm³/mol. The number of hydrogen-bond acceptors (Lipinski definition) is 3. The summed E-state index contributed by atoms with van der Waals surface area (Å²) in [6, 6.07) is 0. The summed E-state index contributed by atoms with van der Waals surface area (Å²) in [5.74, 6) is 0. The minimum absolute atomic E-state index is 0.140. The van der Waals surface area contributed by atoms with Crippen LogP contribution in [0.3, 0.4) is 0 Å². The fraction of sp³-hybridized carbons (Fsp3) is 1.00. The summed E-state index contributed by atoms with van der Waals surface area (Å²) in [6.07, 6.45) is 4.73. The maximum atomic E-state index is 10.9. The smallest absolute Gasteiger partial charge is 0.267 e. The molecule has 98 valence electrons. The third kappa shape index (κ3) is 7.19. The van der Waals surface area contributed by atoms with Crippen LogP contribution in [-0.4, -0.2) is 29.4 Å². The van der Waals surface area contributed by atoms with Gasteiger partial charge in [0.1, 0.15) is 0 Å². The fourth-order valence-corrected chi connectivity index (χ4v) is 2.61. The maximum Gasteiger partial charge on any atom is 0.267 e. The van der Waals surface area contributed by atoms with Crippen molar-refractivity contribution in [2.24, 2.45) is 0 Å². The van der Waals surface area contributed by atoms with E-state index in [1.165, 1.54) is 0 Å². The Morgan fingerprint density at radius 2 is 1.75 bits per heavy atom. The standard InChI is InChI=1S/C11H24O4S/c1-3-5-6-7-8-10(12)9-11(4-2)16(13,14)15/h10-12H,3-9H2,1-2H3,(H,13,14,15). The molecule has 0 bridgehead atoms. The quantitative estimate of drug-likeness (QED) is 0.488. The molecule has 0 rings (SSSR count). The lowest BCUT2D eigenvalue weighted by molar-refractivity contribution is 0.147. The van der Waals surface area contributed by atoms with Crippen LogP contribution in [-0.2, 0) is 10.1 Å². The highest BCUT2D eigenvalue weighted by Crippen LogP contribution is 2.15. The van der Waals surface area contributed by atoms with Crippen LogP contribution in [0.5, 0.6) is 0 Å². The molecule has 0 aliphatic rings. The fourth-order valence-electron chi connectivity index (χ4n) is 1.73. The van der Waals surface area contributed by atoms with E-state index >= 15 is 0 Å². The van der Waals surface area contributed by atoms with Gasteiger partial charge in [-0.2, -0.15) is 8.42 Å².